The van der Waals surface area contributed by atoms with Gasteiger partial charge in [-0.1, -0.05) is 18.2 Å². The lowest BCUT2D eigenvalue weighted by Crippen LogP contribution is -2.17. The van der Waals surface area contributed by atoms with Crippen LogP contribution in [0.3, 0.4) is 0 Å². The van der Waals surface area contributed by atoms with Gasteiger partial charge >= 0.3 is 5.69 Å². The van der Waals surface area contributed by atoms with E-state index < -0.39 is 0 Å². The maximum absolute atomic E-state index is 11.6. The van der Waals surface area contributed by atoms with Gasteiger partial charge in [0.2, 0.25) is 0 Å². The topological polar surface area (TPSA) is 78.8 Å². The first kappa shape index (κ1) is 10.1. The standard InChI is InChI=1S/C13H9N5O/c19-13-16-7-15-12-10(6-17-18(12)13)9-5-14-11-4-2-1-3-8(9)11/h1-7,14H,(H,15,16,19). The summed E-state index contributed by atoms with van der Waals surface area (Å²) >= 11 is 0. The highest BCUT2D eigenvalue weighted by Gasteiger charge is 2.13. The van der Waals surface area contributed by atoms with Gasteiger partial charge in [-0.2, -0.15) is 9.61 Å². The van der Waals surface area contributed by atoms with Crippen molar-refractivity contribution in [2.24, 2.45) is 0 Å². The molecule has 92 valence electrons. The van der Waals surface area contributed by atoms with Crippen LogP contribution in [0.5, 0.6) is 0 Å². The van der Waals surface area contributed by atoms with Crippen LogP contribution in [0.2, 0.25) is 0 Å². The lowest BCUT2D eigenvalue weighted by Gasteiger charge is -1.96. The zero-order chi connectivity index (χ0) is 12.8. The van der Waals surface area contributed by atoms with Gasteiger partial charge in [0.25, 0.3) is 0 Å². The zero-order valence-corrected chi connectivity index (χ0v) is 9.79. The molecule has 0 aliphatic rings. The summed E-state index contributed by atoms with van der Waals surface area (Å²) in [5.74, 6) is 0. The van der Waals surface area contributed by atoms with E-state index in [4.69, 9.17) is 0 Å². The van der Waals surface area contributed by atoms with E-state index in [0.29, 0.717) is 5.65 Å². The number of rotatable bonds is 1. The molecule has 0 radical (unpaired) electrons. The second kappa shape index (κ2) is 3.55. The molecule has 1 aromatic carbocycles. The Morgan fingerprint density at radius 3 is 2.95 bits per heavy atom. The first-order chi connectivity index (χ1) is 9.34. The van der Waals surface area contributed by atoms with E-state index in [0.717, 1.165) is 22.0 Å². The number of fused-ring (bicyclic) bond motifs is 2. The van der Waals surface area contributed by atoms with Crippen molar-refractivity contribution in [2.75, 3.05) is 0 Å². The van der Waals surface area contributed by atoms with Gasteiger partial charge in [0, 0.05) is 28.2 Å². The number of hydrogen-bond donors (Lipinski definition) is 2. The third-order valence-corrected chi connectivity index (χ3v) is 3.19. The van der Waals surface area contributed by atoms with E-state index in [-0.39, 0.29) is 5.69 Å². The molecule has 0 amide bonds. The van der Waals surface area contributed by atoms with Crippen molar-refractivity contribution in [3.05, 3.63) is 53.5 Å². The van der Waals surface area contributed by atoms with Gasteiger partial charge in [-0.05, 0) is 6.07 Å². The van der Waals surface area contributed by atoms with Gasteiger partial charge in [-0.25, -0.2) is 9.78 Å². The van der Waals surface area contributed by atoms with E-state index in [1.54, 1.807) is 6.20 Å². The third-order valence-electron chi connectivity index (χ3n) is 3.19. The third kappa shape index (κ3) is 1.33. The molecule has 19 heavy (non-hydrogen) atoms. The molecular formula is C13H9N5O. The number of benzene rings is 1. The van der Waals surface area contributed by atoms with Crippen molar-refractivity contribution >= 4 is 16.6 Å². The predicted molar refractivity (Wildman–Crippen MR) is 70.9 cm³/mol. The van der Waals surface area contributed by atoms with E-state index in [9.17, 15) is 4.79 Å². The minimum absolute atomic E-state index is 0.295. The molecule has 3 aromatic heterocycles. The molecule has 0 bridgehead atoms. The summed E-state index contributed by atoms with van der Waals surface area (Å²) in [6.07, 6.45) is 4.95. The van der Waals surface area contributed by atoms with Gasteiger partial charge in [0.1, 0.15) is 0 Å². The molecule has 2 N–H and O–H groups in total. The predicted octanol–water partition coefficient (Wildman–Crippen LogP) is 1.57. The Kier molecular flexibility index (Phi) is 1.88. The van der Waals surface area contributed by atoms with Crippen LogP contribution in [-0.4, -0.2) is 24.6 Å². The van der Waals surface area contributed by atoms with Crippen LogP contribution in [0.25, 0.3) is 27.7 Å². The number of H-pyrrole nitrogens is 2. The molecule has 0 saturated heterocycles. The summed E-state index contributed by atoms with van der Waals surface area (Å²) in [6, 6.07) is 7.98. The minimum Gasteiger partial charge on any atom is -0.361 e. The fourth-order valence-electron chi connectivity index (χ4n) is 2.31. The Balaban J connectivity index is 2.10. The Morgan fingerprint density at radius 2 is 2.00 bits per heavy atom. The lowest BCUT2D eigenvalue weighted by atomic mass is 10.1. The van der Waals surface area contributed by atoms with Crippen molar-refractivity contribution in [3.63, 3.8) is 0 Å². The monoisotopic (exact) mass is 251 g/mol. The Bertz CT molecular complexity index is 946. The molecule has 3 heterocycles. The van der Waals surface area contributed by atoms with Crippen molar-refractivity contribution in [3.8, 4) is 11.1 Å². The summed E-state index contributed by atoms with van der Waals surface area (Å²) in [5, 5.41) is 5.16. The van der Waals surface area contributed by atoms with Gasteiger partial charge in [-0.3, -0.25) is 4.98 Å². The maximum Gasteiger partial charge on any atom is 0.349 e. The summed E-state index contributed by atoms with van der Waals surface area (Å²) in [5.41, 5.74) is 3.12. The van der Waals surface area contributed by atoms with Gasteiger partial charge in [0.15, 0.2) is 5.65 Å². The second-order valence-electron chi connectivity index (χ2n) is 4.25. The molecule has 0 atom stereocenters. The van der Waals surface area contributed by atoms with Crippen molar-refractivity contribution in [2.45, 2.75) is 0 Å². The van der Waals surface area contributed by atoms with Crippen LogP contribution in [-0.2, 0) is 0 Å². The van der Waals surface area contributed by atoms with E-state index in [2.05, 4.69) is 20.1 Å². The molecule has 0 fully saturated rings. The lowest BCUT2D eigenvalue weighted by molar-refractivity contribution is 0.840. The summed E-state index contributed by atoms with van der Waals surface area (Å²) in [6.45, 7) is 0. The highest BCUT2D eigenvalue weighted by Crippen LogP contribution is 2.29. The van der Waals surface area contributed by atoms with Crippen LogP contribution in [0.15, 0.2) is 47.8 Å². The molecule has 0 aliphatic heterocycles. The molecule has 0 spiro atoms. The molecule has 4 rings (SSSR count). The Hall–Kier alpha value is -2.89. The average molecular weight is 251 g/mol. The number of nitrogens with one attached hydrogen (secondary N) is 2. The quantitative estimate of drug-likeness (QED) is 0.539. The fraction of sp³-hybridized carbons (Fsp3) is 0. The zero-order valence-electron chi connectivity index (χ0n) is 9.79. The van der Waals surface area contributed by atoms with E-state index in [1.807, 2.05) is 30.5 Å². The van der Waals surface area contributed by atoms with Gasteiger partial charge < -0.3 is 4.98 Å². The maximum atomic E-state index is 11.6. The van der Waals surface area contributed by atoms with Crippen molar-refractivity contribution < 1.29 is 0 Å². The van der Waals surface area contributed by atoms with Crippen molar-refractivity contribution in [1.29, 1.82) is 0 Å². The van der Waals surface area contributed by atoms with Crippen LogP contribution < -0.4 is 5.69 Å². The summed E-state index contributed by atoms with van der Waals surface area (Å²) in [7, 11) is 0. The summed E-state index contributed by atoms with van der Waals surface area (Å²) in [4.78, 5) is 21.5. The highest BCUT2D eigenvalue weighted by atomic mass is 16.1. The SMILES string of the molecule is O=c1[nH]cnc2c(-c3c[nH]c4ccccc34)cnn12. The number of aromatic nitrogens is 5. The normalized spacial score (nSPS) is 11.4. The smallest absolute Gasteiger partial charge is 0.349 e. The van der Waals surface area contributed by atoms with E-state index in [1.165, 1.54) is 10.8 Å². The van der Waals surface area contributed by atoms with Crippen LogP contribution in [0, 0.1) is 0 Å². The van der Waals surface area contributed by atoms with E-state index >= 15 is 0 Å². The van der Waals surface area contributed by atoms with Crippen molar-refractivity contribution in [1.82, 2.24) is 24.6 Å². The van der Waals surface area contributed by atoms with Gasteiger partial charge in [0.05, 0.1) is 12.5 Å². The average Bonchev–Trinajstić information content (AvgIpc) is 3.02. The number of nitrogens with zero attached hydrogens (tertiary/aromatic N) is 3. The Labute approximate surface area is 106 Å². The molecule has 6 heteroatoms. The second-order valence-corrected chi connectivity index (χ2v) is 4.25. The fourth-order valence-corrected chi connectivity index (χ4v) is 2.31. The van der Waals surface area contributed by atoms with Crippen LogP contribution in [0.1, 0.15) is 0 Å². The van der Waals surface area contributed by atoms with Gasteiger partial charge in [-0.15, -0.1) is 0 Å². The molecule has 6 nitrogen and oxygen atoms in total. The molecule has 0 unspecified atom stereocenters. The molecule has 0 saturated carbocycles. The summed E-state index contributed by atoms with van der Waals surface area (Å²) < 4.78 is 1.26. The number of aromatic amines is 2. The highest BCUT2D eigenvalue weighted by molar-refractivity contribution is 5.98. The Morgan fingerprint density at radius 1 is 1.11 bits per heavy atom. The molecule has 0 aliphatic carbocycles. The number of para-hydroxylation sites is 1. The first-order valence-corrected chi connectivity index (χ1v) is 5.82. The van der Waals surface area contributed by atoms with Crippen LogP contribution >= 0.6 is 0 Å². The number of hydrogen-bond acceptors (Lipinski definition) is 3. The minimum atomic E-state index is -0.295. The molecule has 4 aromatic rings. The van der Waals surface area contributed by atoms with Crippen LogP contribution in [0.4, 0.5) is 0 Å². The molecular weight excluding hydrogens is 242 g/mol. The first-order valence-electron chi connectivity index (χ1n) is 5.82. The largest absolute Gasteiger partial charge is 0.361 e.